The zero-order chi connectivity index (χ0) is 10.6. The molecule has 0 spiro atoms. The van der Waals surface area contributed by atoms with E-state index in [1.165, 1.54) is 0 Å². The molecule has 1 aromatic rings. The van der Waals surface area contributed by atoms with Crippen LogP contribution in [-0.4, -0.2) is 14.2 Å². The molecule has 3 heteroatoms. The lowest BCUT2D eigenvalue weighted by Gasteiger charge is -2.11. The Balaban J connectivity index is 3.21. The predicted molar refractivity (Wildman–Crippen MR) is 53.6 cm³/mol. The molecule has 14 heavy (non-hydrogen) atoms. The van der Waals surface area contributed by atoms with Crippen molar-refractivity contribution in [3.8, 4) is 17.6 Å². The van der Waals surface area contributed by atoms with Gasteiger partial charge in [-0.25, -0.2) is 0 Å². The van der Waals surface area contributed by atoms with Crippen LogP contribution in [0.5, 0.6) is 11.5 Å². The van der Waals surface area contributed by atoms with Crippen molar-refractivity contribution in [2.75, 3.05) is 14.2 Å². The third kappa shape index (κ3) is 1.97. The number of nitriles is 1. The summed E-state index contributed by atoms with van der Waals surface area (Å²) in [5.41, 5.74) is 1.94. The largest absolute Gasteiger partial charge is 0.497 e. The first-order chi connectivity index (χ1) is 6.72. The molecule has 0 saturated heterocycles. The quantitative estimate of drug-likeness (QED) is 0.734. The zero-order valence-corrected chi connectivity index (χ0v) is 8.63. The fourth-order valence-electron chi connectivity index (χ4n) is 1.36. The van der Waals surface area contributed by atoms with Crippen molar-refractivity contribution < 1.29 is 9.47 Å². The molecule has 0 unspecified atom stereocenters. The van der Waals surface area contributed by atoms with Crippen LogP contribution in [0.15, 0.2) is 12.1 Å². The second-order valence-electron chi connectivity index (χ2n) is 2.96. The van der Waals surface area contributed by atoms with E-state index in [9.17, 15) is 0 Å². The molecular formula is C11H13NO2. The van der Waals surface area contributed by atoms with E-state index in [2.05, 4.69) is 6.07 Å². The summed E-state index contributed by atoms with van der Waals surface area (Å²) in [4.78, 5) is 0. The monoisotopic (exact) mass is 191 g/mol. The van der Waals surface area contributed by atoms with Crippen LogP contribution >= 0.6 is 0 Å². The second kappa shape index (κ2) is 4.52. The summed E-state index contributed by atoms with van der Waals surface area (Å²) in [6, 6.07) is 5.81. The van der Waals surface area contributed by atoms with Gasteiger partial charge in [-0.15, -0.1) is 0 Å². The summed E-state index contributed by atoms with van der Waals surface area (Å²) in [6.07, 6.45) is 0.360. The zero-order valence-electron chi connectivity index (χ0n) is 8.63. The highest BCUT2D eigenvalue weighted by molar-refractivity contribution is 5.47. The van der Waals surface area contributed by atoms with Crippen molar-refractivity contribution >= 4 is 0 Å². The van der Waals surface area contributed by atoms with Gasteiger partial charge in [-0.05, 0) is 18.6 Å². The normalized spacial score (nSPS) is 9.29. The molecule has 0 aliphatic rings. The van der Waals surface area contributed by atoms with Gasteiger partial charge >= 0.3 is 0 Å². The maximum Gasteiger partial charge on any atom is 0.127 e. The Morgan fingerprint density at radius 1 is 1.29 bits per heavy atom. The molecule has 1 rings (SSSR count). The van der Waals surface area contributed by atoms with Crippen LogP contribution < -0.4 is 9.47 Å². The van der Waals surface area contributed by atoms with Gasteiger partial charge in [-0.1, -0.05) is 0 Å². The first kappa shape index (κ1) is 10.4. The van der Waals surface area contributed by atoms with E-state index >= 15 is 0 Å². The molecular weight excluding hydrogens is 178 g/mol. The molecule has 74 valence electrons. The predicted octanol–water partition coefficient (Wildman–Crippen LogP) is 2.08. The average Bonchev–Trinajstić information content (AvgIpc) is 2.20. The number of hydrogen-bond acceptors (Lipinski definition) is 3. The molecule has 0 amide bonds. The minimum absolute atomic E-state index is 0.360. The molecule has 0 aliphatic carbocycles. The molecule has 0 bridgehead atoms. The van der Waals surface area contributed by atoms with Crippen molar-refractivity contribution in [1.29, 1.82) is 5.26 Å². The fourth-order valence-corrected chi connectivity index (χ4v) is 1.36. The number of hydrogen-bond donors (Lipinski definition) is 0. The maximum atomic E-state index is 8.65. The molecule has 0 atom stereocenters. The number of aryl methyl sites for hydroxylation is 1. The van der Waals surface area contributed by atoms with Crippen LogP contribution in [0.3, 0.4) is 0 Å². The second-order valence-corrected chi connectivity index (χ2v) is 2.96. The van der Waals surface area contributed by atoms with Crippen molar-refractivity contribution in [1.82, 2.24) is 0 Å². The molecule has 1 aromatic carbocycles. The molecule has 0 aromatic heterocycles. The van der Waals surface area contributed by atoms with Gasteiger partial charge in [0.15, 0.2) is 0 Å². The molecule has 0 radical (unpaired) electrons. The van der Waals surface area contributed by atoms with Crippen LogP contribution in [0, 0.1) is 18.3 Å². The van der Waals surface area contributed by atoms with Crippen molar-refractivity contribution in [3.63, 3.8) is 0 Å². The van der Waals surface area contributed by atoms with E-state index in [1.807, 2.05) is 13.0 Å². The molecule has 0 fully saturated rings. The van der Waals surface area contributed by atoms with Crippen molar-refractivity contribution in [2.45, 2.75) is 13.3 Å². The van der Waals surface area contributed by atoms with E-state index in [4.69, 9.17) is 14.7 Å². The van der Waals surface area contributed by atoms with Crippen LogP contribution in [0.1, 0.15) is 11.1 Å². The standard InChI is InChI=1S/C11H13NO2/c1-8-6-9(13-2)7-11(14-3)10(8)4-5-12/h6-7H,4H2,1-3H3. The Bertz CT molecular complexity index is 366. The number of benzene rings is 1. The Hall–Kier alpha value is -1.69. The van der Waals surface area contributed by atoms with E-state index in [0.717, 1.165) is 16.9 Å². The maximum absolute atomic E-state index is 8.65. The molecule has 3 nitrogen and oxygen atoms in total. The molecule has 0 heterocycles. The van der Waals surface area contributed by atoms with Gasteiger partial charge in [0, 0.05) is 11.6 Å². The minimum Gasteiger partial charge on any atom is -0.497 e. The van der Waals surface area contributed by atoms with Crippen LogP contribution in [0.25, 0.3) is 0 Å². The number of rotatable bonds is 3. The summed E-state index contributed by atoms with van der Waals surface area (Å²) in [5, 5.41) is 8.65. The lowest BCUT2D eigenvalue weighted by atomic mass is 10.0. The van der Waals surface area contributed by atoms with Crippen LogP contribution in [-0.2, 0) is 6.42 Å². The molecule has 0 N–H and O–H groups in total. The summed E-state index contributed by atoms with van der Waals surface area (Å²) < 4.78 is 10.3. The molecule has 0 aliphatic heterocycles. The Labute approximate surface area is 83.9 Å². The van der Waals surface area contributed by atoms with Crippen molar-refractivity contribution in [3.05, 3.63) is 23.3 Å². The Kier molecular flexibility index (Phi) is 3.35. The summed E-state index contributed by atoms with van der Waals surface area (Å²) in [7, 11) is 3.20. The van der Waals surface area contributed by atoms with Gasteiger partial charge in [0.25, 0.3) is 0 Å². The van der Waals surface area contributed by atoms with Gasteiger partial charge in [-0.2, -0.15) is 5.26 Å². The smallest absolute Gasteiger partial charge is 0.127 e. The van der Waals surface area contributed by atoms with E-state index in [-0.39, 0.29) is 0 Å². The molecule has 0 saturated carbocycles. The van der Waals surface area contributed by atoms with Gasteiger partial charge < -0.3 is 9.47 Å². The summed E-state index contributed by atoms with van der Waals surface area (Å²) in [6.45, 7) is 1.94. The van der Waals surface area contributed by atoms with Crippen molar-refractivity contribution in [2.24, 2.45) is 0 Å². The van der Waals surface area contributed by atoms with Gasteiger partial charge in [0.05, 0.1) is 26.7 Å². The van der Waals surface area contributed by atoms with Gasteiger partial charge in [0.2, 0.25) is 0 Å². The third-order valence-corrected chi connectivity index (χ3v) is 2.12. The highest BCUT2D eigenvalue weighted by Crippen LogP contribution is 2.28. The van der Waals surface area contributed by atoms with Crippen LogP contribution in [0.4, 0.5) is 0 Å². The highest BCUT2D eigenvalue weighted by atomic mass is 16.5. The van der Waals surface area contributed by atoms with E-state index in [0.29, 0.717) is 12.2 Å². The minimum atomic E-state index is 0.360. The highest BCUT2D eigenvalue weighted by Gasteiger charge is 2.08. The lowest BCUT2D eigenvalue weighted by Crippen LogP contribution is -1.96. The van der Waals surface area contributed by atoms with Crippen LogP contribution in [0.2, 0.25) is 0 Å². The SMILES string of the molecule is COc1cc(C)c(CC#N)c(OC)c1. The first-order valence-corrected chi connectivity index (χ1v) is 4.31. The third-order valence-electron chi connectivity index (χ3n) is 2.12. The number of nitrogens with zero attached hydrogens (tertiary/aromatic N) is 1. The fraction of sp³-hybridized carbons (Fsp3) is 0.364. The first-order valence-electron chi connectivity index (χ1n) is 4.31. The van der Waals surface area contributed by atoms with Gasteiger partial charge in [-0.3, -0.25) is 0 Å². The Morgan fingerprint density at radius 3 is 2.50 bits per heavy atom. The number of ether oxygens (including phenoxy) is 2. The Morgan fingerprint density at radius 2 is 2.00 bits per heavy atom. The summed E-state index contributed by atoms with van der Waals surface area (Å²) >= 11 is 0. The average molecular weight is 191 g/mol. The lowest BCUT2D eigenvalue weighted by molar-refractivity contribution is 0.391. The summed E-state index contributed by atoms with van der Waals surface area (Å²) in [5.74, 6) is 1.46. The number of methoxy groups -OCH3 is 2. The topological polar surface area (TPSA) is 42.2 Å². The van der Waals surface area contributed by atoms with Gasteiger partial charge in [0.1, 0.15) is 11.5 Å². The van der Waals surface area contributed by atoms with E-state index < -0.39 is 0 Å². The van der Waals surface area contributed by atoms with E-state index in [1.54, 1.807) is 20.3 Å².